The van der Waals surface area contributed by atoms with Gasteiger partial charge in [0.2, 0.25) is 0 Å². The second-order valence-corrected chi connectivity index (χ2v) is 6.61. The number of nitrogen functional groups attached to an aromatic ring is 1. The molecule has 7 heteroatoms. The molecule has 1 heterocycles. The number of hydrogen-bond donors (Lipinski definition) is 2. The highest BCUT2D eigenvalue weighted by molar-refractivity contribution is 5.94. The molecule has 0 unspecified atom stereocenters. The molecule has 0 aliphatic heterocycles. The van der Waals surface area contributed by atoms with Crippen LogP contribution in [0.1, 0.15) is 41.6 Å². The van der Waals surface area contributed by atoms with Gasteiger partial charge in [-0.25, -0.2) is 4.68 Å². The first-order valence-electron chi connectivity index (χ1n) is 8.25. The van der Waals surface area contributed by atoms with E-state index in [1.54, 1.807) is 36.2 Å². The Morgan fingerprint density at radius 1 is 1.40 bits per heavy atom. The smallest absolute Gasteiger partial charge is 0.253 e. The quantitative estimate of drug-likeness (QED) is 0.881. The van der Waals surface area contributed by atoms with Gasteiger partial charge in [-0.05, 0) is 37.1 Å². The van der Waals surface area contributed by atoms with Crippen LogP contribution in [-0.2, 0) is 0 Å². The molecule has 3 N–H and O–H groups in total. The molecule has 25 heavy (non-hydrogen) atoms. The Morgan fingerprint density at radius 3 is 2.60 bits per heavy atom. The Kier molecular flexibility index (Phi) is 4.47. The summed E-state index contributed by atoms with van der Waals surface area (Å²) in [6.45, 7) is 0.339. The predicted molar refractivity (Wildman–Crippen MR) is 93.1 cm³/mol. The number of rotatable bonds is 4. The van der Waals surface area contributed by atoms with Crippen LogP contribution < -0.4 is 5.73 Å². The van der Waals surface area contributed by atoms with Gasteiger partial charge in [0, 0.05) is 19.2 Å². The van der Waals surface area contributed by atoms with Gasteiger partial charge < -0.3 is 15.7 Å². The van der Waals surface area contributed by atoms with Gasteiger partial charge in [0.1, 0.15) is 17.5 Å². The lowest BCUT2D eigenvalue weighted by atomic mass is 10.0. The van der Waals surface area contributed by atoms with Gasteiger partial charge in [-0.2, -0.15) is 10.4 Å². The number of nitrogens with zero attached hydrogens (tertiary/aromatic N) is 4. The number of amides is 1. The number of aliphatic hydroxyl groups is 1. The summed E-state index contributed by atoms with van der Waals surface area (Å²) < 4.78 is 1.46. The van der Waals surface area contributed by atoms with E-state index in [9.17, 15) is 9.90 Å². The lowest BCUT2D eigenvalue weighted by Crippen LogP contribution is -2.42. The summed E-state index contributed by atoms with van der Waals surface area (Å²) in [6.07, 6.45) is 4.89. The minimum absolute atomic E-state index is 0.141. The Hall–Kier alpha value is -2.85. The third kappa shape index (κ3) is 3.35. The monoisotopic (exact) mass is 339 g/mol. The van der Waals surface area contributed by atoms with Crippen LogP contribution in [0.4, 0.5) is 5.82 Å². The standard InChI is InChI=1S/C18H21N5O2/c1-22(12-18(25)8-2-3-9-18)17(24)13-4-6-15(7-5-13)23-16(20)14(10-19)11-21-23/h4-7,11,25H,2-3,8-9,12,20H2,1H3. The van der Waals surface area contributed by atoms with E-state index in [1.165, 1.54) is 10.9 Å². The third-order valence-corrected chi connectivity index (χ3v) is 4.70. The molecule has 1 aliphatic carbocycles. The number of benzene rings is 1. The maximum Gasteiger partial charge on any atom is 0.253 e. The predicted octanol–water partition coefficient (Wildman–Crippen LogP) is 1.70. The number of carbonyl (C=O) groups excluding carboxylic acids is 1. The van der Waals surface area contributed by atoms with E-state index in [0.29, 0.717) is 23.4 Å². The number of likely N-dealkylation sites (N-methyl/N-ethyl adjacent to an activating group) is 1. The molecule has 3 rings (SSSR count). The van der Waals surface area contributed by atoms with Crippen LogP contribution >= 0.6 is 0 Å². The number of nitriles is 1. The molecule has 0 atom stereocenters. The second kappa shape index (κ2) is 6.57. The van der Waals surface area contributed by atoms with Crippen LogP contribution in [0.15, 0.2) is 30.5 Å². The van der Waals surface area contributed by atoms with Crippen molar-refractivity contribution in [1.82, 2.24) is 14.7 Å². The van der Waals surface area contributed by atoms with Crippen molar-refractivity contribution in [3.8, 4) is 11.8 Å². The van der Waals surface area contributed by atoms with E-state index >= 15 is 0 Å². The lowest BCUT2D eigenvalue weighted by Gasteiger charge is -2.28. The molecular weight excluding hydrogens is 318 g/mol. The van der Waals surface area contributed by atoms with E-state index in [4.69, 9.17) is 11.0 Å². The van der Waals surface area contributed by atoms with Crippen molar-refractivity contribution in [3.63, 3.8) is 0 Å². The van der Waals surface area contributed by atoms with Crippen molar-refractivity contribution in [3.05, 3.63) is 41.6 Å². The number of hydrogen-bond acceptors (Lipinski definition) is 5. The van der Waals surface area contributed by atoms with E-state index in [1.807, 2.05) is 6.07 Å². The van der Waals surface area contributed by atoms with Crippen molar-refractivity contribution in [2.24, 2.45) is 0 Å². The summed E-state index contributed by atoms with van der Waals surface area (Å²) in [5.41, 5.74) is 6.62. The molecule has 0 bridgehead atoms. The van der Waals surface area contributed by atoms with Crippen molar-refractivity contribution in [1.29, 1.82) is 5.26 Å². The zero-order valence-corrected chi connectivity index (χ0v) is 14.1. The highest BCUT2D eigenvalue weighted by Crippen LogP contribution is 2.30. The molecule has 1 aromatic heterocycles. The molecule has 1 aliphatic rings. The minimum atomic E-state index is -0.762. The number of carbonyl (C=O) groups is 1. The van der Waals surface area contributed by atoms with Crippen LogP contribution in [0, 0.1) is 11.3 Å². The molecule has 1 amide bonds. The van der Waals surface area contributed by atoms with E-state index in [-0.39, 0.29) is 11.7 Å². The average molecular weight is 339 g/mol. The van der Waals surface area contributed by atoms with E-state index in [2.05, 4.69) is 5.10 Å². The Labute approximate surface area is 146 Å². The first-order valence-corrected chi connectivity index (χ1v) is 8.25. The van der Waals surface area contributed by atoms with Crippen LogP contribution in [-0.4, -0.2) is 44.9 Å². The molecule has 0 radical (unpaired) electrons. The zero-order valence-electron chi connectivity index (χ0n) is 14.1. The fourth-order valence-corrected chi connectivity index (χ4v) is 3.32. The van der Waals surface area contributed by atoms with Crippen LogP contribution in [0.25, 0.3) is 5.69 Å². The van der Waals surface area contributed by atoms with Gasteiger partial charge in [0.05, 0.1) is 17.5 Å². The van der Waals surface area contributed by atoms with Gasteiger partial charge >= 0.3 is 0 Å². The van der Waals surface area contributed by atoms with Crippen molar-refractivity contribution >= 4 is 11.7 Å². The fourth-order valence-electron chi connectivity index (χ4n) is 3.32. The summed E-state index contributed by atoms with van der Waals surface area (Å²) in [6, 6.07) is 8.83. The van der Waals surface area contributed by atoms with Crippen molar-refractivity contribution in [2.45, 2.75) is 31.3 Å². The SMILES string of the molecule is CN(CC1(O)CCCC1)C(=O)c1ccc(-n2ncc(C#N)c2N)cc1. The van der Waals surface area contributed by atoms with Crippen LogP contribution in [0.2, 0.25) is 0 Å². The van der Waals surface area contributed by atoms with E-state index < -0.39 is 5.60 Å². The third-order valence-electron chi connectivity index (χ3n) is 4.70. The summed E-state index contributed by atoms with van der Waals surface area (Å²) >= 11 is 0. The molecule has 1 fully saturated rings. The van der Waals surface area contributed by atoms with Crippen molar-refractivity contribution < 1.29 is 9.90 Å². The molecule has 1 aromatic carbocycles. The zero-order chi connectivity index (χ0) is 18.0. The molecular formula is C18H21N5O2. The Balaban J connectivity index is 1.74. The first-order chi connectivity index (χ1) is 11.9. The van der Waals surface area contributed by atoms with Crippen LogP contribution in [0.5, 0.6) is 0 Å². The maximum absolute atomic E-state index is 12.6. The van der Waals surface area contributed by atoms with E-state index in [0.717, 1.165) is 25.7 Å². The first kappa shape index (κ1) is 17.0. The molecule has 0 saturated heterocycles. The average Bonchev–Trinajstić information content (AvgIpc) is 3.20. The lowest BCUT2D eigenvalue weighted by molar-refractivity contribution is 0.0157. The number of aromatic nitrogens is 2. The molecule has 0 spiro atoms. The topological polar surface area (TPSA) is 108 Å². The Bertz CT molecular complexity index is 813. The Morgan fingerprint density at radius 2 is 2.04 bits per heavy atom. The highest BCUT2D eigenvalue weighted by atomic mass is 16.3. The molecule has 1 saturated carbocycles. The highest BCUT2D eigenvalue weighted by Gasteiger charge is 2.33. The normalized spacial score (nSPS) is 15.7. The summed E-state index contributed by atoms with van der Waals surface area (Å²) in [5, 5.41) is 23.5. The van der Waals surface area contributed by atoms with Gasteiger partial charge in [0.15, 0.2) is 0 Å². The second-order valence-electron chi connectivity index (χ2n) is 6.61. The number of anilines is 1. The van der Waals surface area contributed by atoms with Gasteiger partial charge in [-0.1, -0.05) is 12.8 Å². The van der Waals surface area contributed by atoms with Gasteiger partial charge in [0.25, 0.3) is 5.91 Å². The fraction of sp³-hybridized carbons (Fsp3) is 0.389. The minimum Gasteiger partial charge on any atom is -0.388 e. The van der Waals surface area contributed by atoms with Crippen LogP contribution in [0.3, 0.4) is 0 Å². The molecule has 2 aromatic rings. The van der Waals surface area contributed by atoms with Gasteiger partial charge in [-0.3, -0.25) is 4.79 Å². The maximum atomic E-state index is 12.6. The van der Waals surface area contributed by atoms with Crippen molar-refractivity contribution in [2.75, 3.05) is 19.3 Å². The van der Waals surface area contributed by atoms with Gasteiger partial charge in [-0.15, -0.1) is 0 Å². The molecule has 130 valence electrons. The summed E-state index contributed by atoms with van der Waals surface area (Å²) in [4.78, 5) is 14.1. The largest absolute Gasteiger partial charge is 0.388 e. The summed E-state index contributed by atoms with van der Waals surface area (Å²) in [7, 11) is 1.71. The molecule has 7 nitrogen and oxygen atoms in total. The summed E-state index contributed by atoms with van der Waals surface area (Å²) in [5.74, 6) is 0.125. The number of nitrogens with two attached hydrogens (primary N) is 1.